The van der Waals surface area contributed by atoms with Crippen LogP contribution in [0.3, 0.4) is 0 Å². The molecule has 0 aromatic heterocycles. The average Bonchev–Trinajstić information content (AvgIpc) is 2.57. The van der Waals surface area contributed by atoms with Gasteiger partial charge in [0, 0.05) is 29.3 Å². The summed E-state index contributed by atoms with van der Waals surface area (Å²) in [6.45, 7) is 4.27. The Labute approximate surface area is 145 Å². The number of non-ortho nitro benzene ring substituents is 1. The zero-order valence-corrected chi connectivity index (χ0v) is 14.1. The van der Waals surface area contributed by atoms with E-state index in [4.69, 9.17) is 0 Å². The molecule has 0 radical (unpaired) electrons. The summed E-state index contributed by atoms with van der Waals surface area (Å²) in [7, 11) is 0. The molecule has 0 unspecified atom stereocenters. The molecule has 2 aromatic rings. The number of quaternary nitrogens is 1. The maximum Gasteiger partial charge on any atom is 0.279 e. The van der Waals surface area contributed by atoms with Crippen LogP contribution in [0.25, 0.3) is 0 Å². The Kier molecular flexibility index (Phi) is 6.19. The van der Waals surface area contributed by atoms with Crippen LogP contribution in [0.5, 0.6) is 0 Å². The molecule has 0 aliphatic carbocycles. The molecule has 0 fully saturated rings. The molecule has 6 nitrogen and oxygen atoms in total. The van der Waals surface area contributed by atoms with Crippen LogP contribution in [0.1, 0.15) is 25.5 Å². The number of halogens is 1. The number of hydrogen-bond donors (Lipinski definition) is 2. The Balaban J connectivity index is 1.94. The van der Waals surface area contributed by atoms with Gasteiger partial charge < -0.3 is 10.6 Å². The highest BCUT2D eigenvalue weighted by Crippen LogP contribution is 2.18. The van der Waals surface area contributed by atoms with Crippen molar-refractivity contribution in [1.82, 2.24) is 0 Å². The Morgan fingerprint density at radius 1 is 1.16 bits per heavy atom. The quantitative estimate of drug-likeness (QED) is 0.597. The Hall–Kier alpha value is -2.80. The lowest BCUT2D eigenvalue weighted by Gasteiger charge is -2.19. The second kappa shape index (κ2) is 8.34. The van der Waals surface area contributed by atoms with Crippen LogP contribution < -0.4 is 10.6 Å². The summed E-state index contributed by atoms with van der Waals surface area (Å²) in [6, 6.07) is 12.0. The standard InChI is InChI=1S/C18H20FN3O3/c1-12(2)18(13-3-5-14(19)6-4-13)20-11-17(23)21-15-7-9-16(10-8-15)22(24)25/h3-10,12,18,20H,11H2,1-2H3,(H,21,23)/p+1/t18-/m0/s1. The second-order valence-corrected chi connectivity index (χ2v) is 6.11. The predicted molar refractivity (Wildman–Crippen MR) is 92.5 cm³/mol. The third-order valence-corrected chi connectivity index (χ3v) is 3.89. The van der Waals surface area contributed by atoms with Crippen molar-refractivity contribution in [2.45, 2.75) is 19.9 Å². The number of anilines is 1. The van der Waals surface area contributed by atoms with Crippen molar-refractivity contribution in [3.63, 3.8) is 0 Å². The Morgan fingerprint density at radius 3 is 2.28 bits per heavy atom. The highest BCUT2D eigenvalue weighted by Gasteiger charge is 2.20. The van der Waals surface area contributed by atoms with Crippen molar-refractivity contribution >= 4 is 17.3 Å². The summed E-state index contributed by atoms with van der Waals surface area (Å²) in [5.41, 5.74) is 1.44. The van der Waals surface area contributed by atoms with E-state index in [0.29, 0.717) is 5.69 Å². The number of nitro benzene ring substituents is 1. The summed E-state index contributed by atoms with van der Waals surface area (Å²) in [5, 5.41) is 15.2. The fraction of sp³-hybridized carbons (Fsp3) is 0.278. The van der Waals surface area contributed by atoms with Crippen LogP contribution >= 0.6 is 0 Å². The average molecular weight is 346 g/mol. The van der Waals surface area contributed by atoms with Gasteiger partial charge in [-0.25, -0.2) is 4.39 Å². The van der Waals surface area contributed by atoms with Gasteiger partial charge in [-0.1, -0.05) is 26.0 Å². The lowest BCUT2D eigenvalue weighted by atomic mass is 9.96. The normalized spacial score (nSPS) is 12.0. The summed E-state index contributed by atoms with van der Waals surface area (Å²) in [4.78, 5) is 22.2. The van der Waals surface area contributed by atoms with Crippen LogP contribution in [0.15, 0.2) is 48.5 Å². The highest BCUT2D eigenvalue weighted by molar-refractivity contribution is 5.91. The number of nitro groups is 1. The first-order valence-electron chi connectivity index (χ1n) is 8.00. The minimum absolute atomic E-state index is 0.0271. The van der Waals surface area contributed by atoms with E-state index >= 15 is 0 Å². The zero-order chi connectivity index (χ0) is 18.4. The van der Waals surface area contributed by atoms with Crippen molar-refractivity contribution in [2.24, 2.45) is 5.92 Å². The zero-order valence-electron chi connectivity index (χ0n) is 14.1. The van der Waals surface area contributed by atoms with Gasteiger partial charge in [0.1, 0.15) is 11.9 Å². The lowest BCUT2D eigenvalue weighted by Crippen LogP contribution is -2.88. The highest BCUT2D eigenvalue weighted by atomic mass is 19.1. The van der Waals surface area contributed by atoms with E-state index in [9.17, 15) is 19.3 Å². The Bertz CT molecular complexity index is 730. The molecule has 0 saturated heterocycles. The minimum atomic E-state index is -0.491. The number of carbonyl (C=O) groups excluding carboxylic acids is 1. The first-order chi connectivity index (χ1) is 11.9. The number of amides is 1. The molecule has 2 rings (SSSR count). The van der Waals surface area contributed by atoms with E-state index in [1.165, 1.54) is 36.4 Å². The molecule has 0 heterocycles. The van der Waals surface area contributed by atoms with Gasteiger partial charge in [-0.05, 0) is 24.3 Å². The van der Waals surface area contributed by atoms with Crippen LogP contribution in [0, 0.1) is 21.8 Å². The fourth-order valence-electron chi connectivity index (χ4n) is 2.59. The molecule has 0 saturated carbocycles. The summed E-state index contributed by atoms with van der Waals surface area (Å²) in [6.07, 6.45) is 0. The fourth-order valence-corrected chi connectivity index (χ4v) is 2.59. The molecule has 2 aromatic carbocycles. The number of hydrogen-bond acceptors (Lipinski definition) is 3. The van der Waals surface area contributed by atoms with Gasteiger partial charge in [0.2, 0.25) is 0 Å². The number of rotatable bonds is 7. The monoisotopic (exact) mass is 346 g/mol. The van der Waals surface area contributed by atoms with Crippen LogP contribution in [0.4, 0.5) is 15.8 Å². The Morgan fingerprint density at radius 2 is 1.76 bits per heavy atom. The maximum absolute atomic E-state index is 13.1. The van der Waals surface area contributed by atoms with E-state index in [0.717, 1.165) is 5.56 Å². The molecule has 3 N–H and O–H groups in total. The topological polar surface area (TPSA) is 88.8 Å². The van der Waals surface area contributed by atoms with E-state index in [-0.39, 0.29) is 35.9 Å². The van der Waals surface area contributed by atoms with E-state index < -0.39 is 4.92 Å². The van der Waals surface area contributed by atoms with Gasteiger partial charge in [-0.2, -0.15) is 0 Å². The lowest BCUT2D eigenvalue weighted by molar-refractivity contribution is -0.692. The summed E-state index contributed by atoms with van der Waals surface area (Å²) >= 11 is 0. The number of nitrogens with zero attached hydrogens (tertiary/aromatic N) is 1. The third-order valence-electron chi connectivity index (χ3n) is 3.89. The molecule has 7 heteroatoms. The van der Waals surface area contributed by atoms with Gasteiger partial charge >= 0.3 is 0 Å². The molecule has 0 aliphatic rings. The van der Waals surface area contributed by atoms with E-state index in [1.807, 2.05) is 19.2 Å². The van der Waals surface area contributed by atoms with Crippen LogP contribution in [-0.4, -0.2) is 17.4 Å². The summed E-state index contributed by atoms with van der Waals surface area (Å²) < 4.78 is 13.1. The molecule has 0 aliphatic heterocycles. The van der Waals surface area contributed by atoms with Crippen molar-refractivity contribution in [2.75, 3.05) is 11.9 Å². The maximum atomic E-state index is 13.1. The number of benzene rings is 2. The van der Waals surface area contributed by atoms with Gasteiger partial charge in [0.05, 0.1) is 4.92 Å². The molecular formula is C18H21FN3O3+. The molecule has 1 atom stereocenters. The minimum Gasteiger partial charge on any atom is -0.332 e. The van der Waals surface area contributed by atoms with Crippen LogP contribution in [0.2, 0.25) is 0 Å². The summed E-state index contributed by atoms with van der Waals surface area (Å²) in [5.74, 6) is -0.235. The second-order valence-electron chi connectivity index (χ2n) is 6.11. The smallest absolute Gasteiger partial charge is 0.279 e. The number of nitrogens with one attached hydrogen (secondary N) is 1. The molecule has 0 bridgehead atoms. The van der Waals surface area contributed by atoms with Gasteiger partial charge in [0.15, 0.2) is 6.54 Å². The van der Waals surface area contributed by atoms with Crippen molar-refractivity contribution in [3.8, 4) is 0 Å². The van der Waals surface area contributed by atoms with Crippen molar-refractivity contribution in [3.05, 3.63) is 70.0 Å². The van der Waals surface area contributed by atoms with Gasteiger partial charge in [-0.3, -0.25) is 14.9 Å². The van der Waals surface area contributed by atoms with E-state index in [1.54, 1.807) is 12.1 Å². The predicted octanol–water partition coefficient (Wildman–Crippen LogP) is 2.63. The first-order valence-corrected chi connectivity index (χ1v) is 8.00. The molecule has 25 heavy (non-hydrogen) atoms. The van der Waals surface area contributed by atoms with Crippen molar-refractivity contribution < 1.29 is 19.4 Å². The SMILES string of the molecule is CC(C)[C@H]([NH2+]CC(=O)Nc1ccc([N+](=O)[O-])cc1)c1ccc(F)cc1. The molecule has 132 valence electrons. The molecule has 0 spiro atoms. The third kappa shape index (κ3) is 5.36. The van der Waals surface area contributed by atoms with Crippen molar-refractivity contribution in [1.29, 1.82) is 0 Å². The first kappa shape index (κ1) is 18.5. The molecular weight excluding hydrogens is 325 g/mol. The van der Waals surface area contributed by atoms with Crippen LogP contribution in [-0.2, 0) is 4.79 Å². The van der Waals surface area contributed by atoms with Gasteiger partial charge in [0.25, 0.3) is 11.6 Å². The van der Waals surface area contributed by atoms with E-state index in [2.05, 4.69) is 5.32 Å². The largest absolute Gasteiger partial charge is 0.332 e. The van der Waals surface area contributed by atoms with Gasteiger partial charge in [-0.15, -0.1) is 0 Å². The number of carbonyl (C=O) groups is 1. The number of nitrogens with two attached hydrogens (primary N) is 1. The molecule has 1 amide bonds.